The molecule has 16 heavy (non-hydrogen) atoms. The molecule has 84 valence electrons. The molecule has 2 heterocycles. The smallest absolute Gasteiger partial charge is 0.288 e. The molecule has 0 fully saturated rings. The van der Waals surface area contributed by atoms with Crippen LogP contribution in [0.15, 0.2) is 27.7 Å². The lowest BCUT2D eigenvalue weighted by atomic mass is 10.3. The van der Waals surface area contributed by atoms with Crippen molar-refractivity contribution >= 4 is 15.9 Å². The van der Waals surface area contributed by atoms with Crippen LogP contribution in [-0.4, -0.2) is 19.7 Å². The number of rotatable bonds is 3. The standard InChI is InChI=1S/C10H11BrN4O/c1-2-4-7-8(11)9(16)15(14-7)10-12-5-3-6-13-10/h3,5-6,14H,2,4H2,1H3. The Morgan fingerprint density at radius 2 is 2.12 bits per heavy atom. The van der Waals surface area contributed by atoms with E-state index in [9.17, 15) is 4.79 Å². The first-order valence-corrected chi connectivity index (χ1v) is 5.80. The highest BCUT2D eigenvalue weighted by atomic mass is 79.9. The molecule has 1 N–H and O–H groups in total. The Morgan fingerprint density at radius 1 is 1.44 bits per heavy atom. The predicted molar refractivity (Wildman–Crippen MR) is 63.7 cm³/mol. The highest BCUT2D eigenvalue weighted by molar-refractivity contribution is 9.10. The Morgan fingerprint density at radius 3 is 2.75 bits per heavy atom. The molecular formula is C10H11BrN4O. The lowest BCUT2D eigenvalue weighted by Gasteiger charge is -1.97. The summed E-state index contributed by atoms with van der Waals surface area (Å²) in [5.41, 5.74) is 0.717. The van der Waals surface area contributed by atoms with Gasteiger partial charge in [-0.2, -0.15) is 4.68 Å². The Hall–Kier alpha value is -1.43. The molecule has 0 unspecified atom stereocenters. The van der Waals surface area contributed by atoms with Gasteiger partial charge in [-0.15, -0.1) is 0 Å². The summed E-state index contributed by atoms with van der Waals surface area (Å²) in [4.78, 5) is 19.9. The molecule has 0 amide bonds. The van der Waals surface area contributed by atoms with Gasteiger partial charge in [-0.1, -0.05) is 13.3 Å². The second kappa shape index (κ2) is 4.61. The second-order valence-electron chi connectivity index (χ2n) is 3.34. The summed E-state index contributed by atoms with van der Waals surface area (Å²) in [5, 5.41) is 3.00. The third-order valence-corrected chi connectivity index (χ3v) is 2.97. The van der Waals surface area contributed by atoms with Gasteiger partial charge >= 0.3 is 0 Å². The lowest BCUT2D eigenvalue weighted by Crippen LogP contribution is -2.17. The SMILES string of the molecule is CCCc1[nH]n(-c2ncccn2)c(=O)c1Br. The summed E-state index contributed by atoms with van der Waals surface area (Å²) in [7, 11) is 0. The summed E-state index contributed by atoms with van der Waals surface area (Å²) in [6.07, 6.45) is 4.98. The molecular weight excluding hydrogens is 272 g/mol. The minimum absolute atomic E-state index is 0.158. The number of aromatic nitrogens is 4. The van der Waals surface area contributed by atoms with Crippen molar-refractivity contribution in [1.29, 1.82) is 0 Å². The minimum Gasteiger partial charge on any atom is -0.291 e. The maximum Gasteiger partial charge on any atom is 0.288 e. The van der Waals surface area contributed by atoms with Gasteiger partial charge in [0.1, 0.15) is 4.47 Å². The number of hydrogen-bond donors (Lipinski definition) is 1. The first-order valence-electron chi connectivity index (χ1n) is 5.00. The maximum atomic E-state index is 11.9. The van der Waals surface area contributed by atoms with E-state index < -0.39 is 0 Å². The molecule has 0 aliphatic heterocycles. The molecule has 0 aliphatic carbocycles. The van der Waals surface area contributed by atoms with Gasteiger partial charge in [-0.3, -0.25) is 9.89 Å². The summed E-state index contributed by atoms with van der Waals surface area (Å²) in [6, 6.07) is 1.71. The number of hydrogen-bond acceptors (Lipinski definition) is 3. The van der Waals surface area contributed by atoms with Crippen LogP contribution in [0.1, 0.15) is 19.0 Å². The largest absolute Gasteiger partial charge is 0.291 e. The fraction of sp³-hybridized carbons (Fsp3) is 0.300. The van der Waals surface area contributed by atoms with Crippen molar-refractivity contribution in [2.45, 2.75) is 19.8 Å². The summed E-state index contributed by atoms with van der Waals surface area (Å²) in [5.74, 6) is 0.357. The van der Waals surface area contributed by atoms with Crippen LogP contribution in [0.4, 0.5) is 0 Å². The Labute approximate surface area is 101 Å². The molecule has 0 saturated carbocycles. The number of nitrogens with one attached hydrogen (secondary N) is 1. The van der Waals surface area contributed by atoms with Gasteiger partial charge in [0.25, 0.3) is 11.5 Å². The molecule has 0 spiro atoms. The zero-order valence-corrected chi connectivity index (χ0v) is 10.4. The fourth-order valence-corrected chi connectivity index (χ4v) is 1.89. The molecule has 5 nitrogen and oxygen atoms in total. The maximum absolute atomic E-state index is 11.9. The van der Waals surface area contributed by atoms with E-state index in [1.165, 1.54) is 4.68 Å². The van der Waals surface area contributed by atoms with E-state index in [1.807, 2.05) is 0 Å². The zero-order chi connectivity index (χ0) is 11.5. The van der Waals surface area contributed by atoms with Gasteiger partial charge in [0, 0.05) is 12.4 Å². The second-order valence-corrected chi connectivity index (χ2v) is 4.14. The normalized spacial score (nSPS) is 10.6. The van der Waals surface area contributed by atoms with E-state index in [0.29, 0.717) is 10.4 Å². The van der Waals surface area contributed by atoms with E-state index in [2.05, 4.69) is 37.9 Å². The highest BCUT2D eigenvalue weighted by Crippen LogP contribution is 2.12. The Balaban J connectivity index is 2.51. The van der Waals surface area contributed by atoms with Crippen molar-refractivity contribution in [3.63, 3.8) is 0 Å². The van der Waals surface area contributed by atoms with Crippen LogP contribution in [0.5, 0.6) is 0 Å². The van der Waals surface area contributed by atoms with Crippen molar-refractivity contribution in [1.82, 2.24) is 19.7 Å². The molecule has 0 aromatic carbocycles. The van der Waals surface area contributed by atoms with Gasteiger partial charge in [-0.05, 0) is 28.4 Å². The molecule has 0 radical (unpaired) electrons. The third kappa shape index (κ3) is 1.92. The zero-order valence-electron chi connectivity index (χ0n) is 8.77. The van der Waals surface area contributed by atoms with Crippen LogP contribution in [0, 0.1) is 0 Å². The lowest BCUT2D eigenvalue weighted by molar-refractivity contribution is 0.752. The van der Waals surface area contributed by atoms with Crippen LogP contribution < -0.4 is 5.56 Å². The van der Waals surface area contributed by atoms with E-state index >= 15 is 0 Å². The molecule has 0 saturated heterocycles. The van der Waals surface area contributed by atoms with Crippen LogP contribution >= 0.6 is 15.9 Å². The van der Waals surface area contributed by atoms with Gasteiger partial charge in [-0.25, -0.2) is 9.97 Å². The number of halogens is 1. The summed E-state index contributed by atoms with van der Waals surface area (Å²) in [6.45, 7) is 2.06. The van der Waals surface area contributed by atoms with E-state index in [1.54, 1.807) is 18.5 Å². The van der Waals surface area contributed by atoms with Gasteiger partial charge in [0.15, 0.2) is 0 Å². The molecule has 0 atom stereocenters. The average molecular weight is 283 g/mol. The van der Waals surface area contributed by atoms with E-state index in [-0.39, 0.29) is 5.56 Å². The van der Waals surface area contributed by atoms with E-state index in [4.69, 9.17) is 0 Å². The van der Waals surface area contributed by atoms with Crippen molar-refractivity contribution in [3.05, 3.63) is 39.0 Å². The van der Waals surface area contributed by atoms with Crippen molar-refractivity contribution in [2.24, 2.45) is 0 Å². The van der Waals surface area contributed by atoms with Crippen molar-refractivity contribution in [3.8, 4) is 5.95 Å². The summed E-state index contributed by atoms with van der Waals surface area (Å²) >= 11 is 3.28. The van der Waals surface area contributed by atoms with Crippen LogP contribution in [0.3, 0.4) is 0 Å². The number of H-pyrrole nitrogens is 1. The van der Waals surface area contributed by atoms with E-state index in [0.717, 1.165) is 18.5 Å². The molecule has 2 aromatic rings. The van der Waals surface area contributed by atoms with Gasteiger partial charge in [0.2, 0.25) is 0 Å². The molecule has 0 bridgehead atoms. The number of aryl methyl sites for hydroxylation is 1. The quantitative estimate of drug-likeness (QED) is 0.932. The first-order chi connectivity index (χ1) is 7.74. The van der Waals surface area contributed by atoms with Crippen molar-refractivity contribution < 1.29 is 0 Å². The highest BCUT2D eigenvalue weighted by Gasteiger charge is 2.12. The van der Waals surface area contributed by atoms with Gasteiger partial charge < -0.3 is 0 Å². The molecule has 6 heteroatoms. The predicted octanol–water partition coefficient (Wildman–Crippen LogP) is 1.67. The number of nitrogens with zero attached hydrogens (tertiary/aromatic N) is 3. The van der Waals surface area contributed by atoms with Crippen molar-refractivity contribution in [2.75, 3.05) is 0 Å². The van der Waals surface area contributed by atoms with Crippen LogP contribution in [0.2, 0.25) is 0 Å². The molecule has 2 aromatic heterocycles. The van der Waals surface area contributed by atoms with Crippen LogP contribution in [-0.2, 0) is 6.42 Å². The third-order valence-electron chi connectivity index (χ3n) is 2.15. The Kier molecular flexibility index (Phi) is 3.19. The Bertz CT molecular complexity index is 531. The summed E-state index contributed by atoms with van der Waals surface area (Å²) < 4.78 is 1.90. The fourth-order valence-electron chi connectivity index (χ4n) is 1.43. The molecule has 0 aliphatic rings. The van der Waals surface area contributed by atoms with Crippen LogP contribution in [0.25, 0.3) is 5.95 Å². The number of aromatic amines is 1. The first kappa shape index (κ1) is 11.1. The van der Waals surface area contributed by atoms with Gasteiger partial charge in [0.05, 0.1) is 5.69 Å². The minimum atomic E-state index is -0.158. The monoisotopic (exact) mass is 282 g/mol. The average Bonchev–Trinajstić information content (AvgIpc) is 2.59. The molecule has 2 rings (SSSR count). The topological polar surface area (TPSA) is 63.6 Å².